The number of benzene rings is 2. The van der Waals surface area contributed by atoms with Gasteiger partial charge in [-0.15, -0.1) is 11.3 Å². The molecule has 0 bridgehead atoms. The lowest BCUT2D eigenvalue weighted by molar-refractivity contribution is 0.0652. The third-order valence-electron chi connectivity index (χ3n) is 6.37. The van der Waals surface area contributed by atoms with Crippen molar-refractivity contribution in [2.45, 2.75) is 24.3 Å². The Morgan fingerprint density at radius 1 is 0.829 bits per heavy atom. The van der Waals surface area contributed by atoms with Crippen molar-refractivity contribution in [3.05, 3.63) is 89.3 Å². The summed E-state index contributed by atoms with van der Waals surface area (Å²) in [5.74, 6) is 0.433. The fourth-order valence-electron chi connectivity index (χ4n) is 4.61. The maximum atomic E-state index is 12.4. The minimum absolute atomic E-state index is 0.0939. The highest BCUT2D eigenvalue weighted by atomic mass is 32.1. The molecule has 0 radical (unpaired) electrons. The van der Waals surface area contributed by atoms with Crippen molar-refractivity contribution in [3.63, 3.8) is 0 Å². The zero-order chi connectivity index (χ0) is 23.6. The Morgan fingerprint density at radius 3 is 2.31 bits per heavy atom. The summed E-state index contributed by atoms with van der Waals surface area (Å²) in [6, 6.07) is 23.9. The van der Waals surface area contributed by atoms with Gasteiger partial charge in [0.25, 0.3) is 5.91 Å². The average molecular weight is 485 g/mol. The lowest BCUT2D eigenvalue weighted by Gasteiger charge is -2.18. The largest absolute Gasteiger partial charge is 0.371 e. The van der Waals surface area contributed by atoms with Crippen molar-refractivity contribution in [1.29, 1.82) is 0 Å². The first kappa shape index (κ1) is 21.9. The number of anilines is 1. The molecule has 2 aliphatic rings. The van der Waals surface area contributed by atoms with Crippen LogP contribution in [0.2, 0.25) is 0 Å². The molecule has 4 aromatic rings. The topological polar surface area (TPSA) is 85.4 Å². The van der Waals surface area contributed by atoms with Crippen LogP contribution in [0, 0.1) is 0 Å². The minimum atomic E-state index is -0.204. The molecule has 0 spiro atoms. The van der Waals surface area contributed by atoms with Gasteiger partial charge in [0.2, 0.25) is 5.95 Å². The predicted octanol–water partition coefficient (Wildman–Crippen LogP) is 4.25. The van der Waals surface area contributed by atoms with Crippen molar-refractivity contribution in [1.82, 2.24) is 15.3 Å². The van der Waals surface area contributed by atoms with Crippen LogP contribution < -0.4 is 10.6 Å². The van der Waals surface area contributed by atoms with Gasteiger partial charge < -0.3 is 20.1 Å². The molecule has 4 atom stereocenters. The zero-order valence-corrected chi connectivity index (χ0v) is 19.7. The molecular formula is C27H24N4O3S. The molecule has 0 unspecified atom stereocenters. The molecular weight excluding hydrogens is 460 g/mol. The van der Waals surface area contributed by atoms with Gasteiger partial charge in [-0.1, -0.05) is 60.7 Å². The van der Waals surface area contributed by atoms with Gasteiger partial charge in [-0.25, -0.2) is 9.97 Å². The van der Waals surface area contributed by atoms with E-state index in [0.717, 1.165) is 16.8 Å². The number of ether oxygens (including phenoxy) is 2. The monoisotopic (exact) mass is 484 g/mol. The highest BCUT2D eigenvalue weighted by Crippen LogP contribution is 2.30. The first-order valence-corrected chi connectivity index (χ1v) is 12.5. The fraction of sp³-hybridized carbons (Fsp3) is 0.222. The summed E-state index contributed by atoms with van der Waals surface area (Å²) in [5, 5.41) is 8.31. The second-order valence-corrected chi connectivity index (χ2v) is 9.56. The van der Waals surface area contributed by atoms with Crippen molar-refractivity contribution >= 4 is 23.2 Å². The van der Waals surface area contributed by atoms with Gasteiger partial charge in [-0.3, -0.25) is 4.79 Å². The molecule has 2 N–H and O–H groups in total. The number of fused-ring (bicyclic) bond motifs is 1. The van der Waals surface area contributed by atoms with E-state index in [1.165, 1.54) is 16.9 Å². The number of hydrogen-bond acceptors (Lipinski definition) is 7. The molecule has 35 heavy (non-hydrogen) atoms. The van der Waals surface area contributed by atoms with E-state index in [1.807, 2.05) is 41.8 Å². The number of rotatable bonds is 6. The molecule has 0 saturated carbocycles. The summed E-state index contributed by atoms with van der Waals surface area (Å²) in [6.07, 6.45) is 1.37. The summed E-state index contributed by atoms with van der Waals surface area (Å²) in [5.41, 5.74) is 4.20. The van der Waals surface area contributed by atoms with Crippen molar-refractivity contribution in [2.24, 2.45) is 0 Å². The van der Waals surface area contributed by atoms with E-state index in [1.54, 1.807) is 6.20 Å². The molecule has 2 aromatic heterocycles. The first-order valence-electron chi connectivity index (χ1n) is 11.6. The Balaban J connectivity index is 1.12. The summed E-state index contributed by atoms with van der Waals surface area (Å²) in [7, 11) is 0. The summed E-state index contributed by atoms with van der Waals surface area (Å²) in [4.78, 5) is 22.3. The summed E-state index contributed by atoms with van der Waals surface area (Å²) in [6.45, 7) is 0.874. The maximum absolute atomic E-state index is 12.4. The number of amides is 1. The highest BCUT2D eigenvalue weighted by molar-refractivity contribution is 7.12. The normalized spacial score (nSPS) is 23.1. The number of hydrogen-bond donors (Lipinski definition) is 2. The van der Waals surface area contributed by atoms with E-state index in [4.69, 9.17) is 14.5 Å². The Morgan fingerprint density at radius 2 is 1.54 bits per heavy atom. The zero-order valence-electron chi connectivity index (χ0n) is 18.8. The van der Waals surface area contributed by atoms with Crippen LogP contribution in [-0.2, 0) is 9.47 Å². The van der Waals surface area contributed by atoms with E-state index < -0.39 is 0 Å². The third-order valence-corrected chi connectivity index (χ3v) is 7.24. The molecule has 1 amide bonds. The quantitative estimate of drug-likeness (QED) is 0.426. The van der Waals surface area contributed by atoms with Gasteiger partial charge in [-0.2, -0.15) is 0 Å². The third kappa shape index (κ3) is 4.55. The molecule has 6 rings (SSSR count). The minimum Gasteiger partial charge on any atom is -0.371 e. The van der Waals surface area contributed by atoms with E-state index in [0.29, 0.717) is 24.0 Å². The van der Waals surface area contributed by atoms with Gasteiger partial charge in [0.1, 0.15) is 12.2 Å². The first-order chi connectivity index (χ1) is 17.2. The average Bonchev–Trinajstić information content (AvgIpc) is 3.66. The Kier molecular flexibility index (Phi) is 5.99. The predicted molar refractivity (Wildman–Crippen MR) is 135 cm³/mol. The van der Waals surface area contributed by atoms with E-state index in [9.17, 15) is 4.79 Å². The van der Waals surface area contributed by atoms with Crippen LogP contribution in [0.1, 0.15) is 9.67 Å². The number of thiophene rings is 1. The number of carbonyl (C=O) groups is 1. The Labute approximate surface area is 207 Å². The molecule has 176 valence electrons. The van der Waals surface area contributed by atoms with Crippen LogP contribution in [0.15, 0.2) is 84.4 Å². The molecule has 0 aliphatic carbocycles. The fourth-order valence-corrected chi connectivity index (χ4v) is 5.24. The second-order valence-electron chi connectivity index (χ2n) is 8.61. The van der Waals surface area contributed by atoms with Gasteiger partial charge in [-0.05, 0) is 28.6 Å². The number of carbonyl (C=O) groups excluding carboxylic acids is 1. The molecule has 7 nitrogen and oxygen atoms in total. The van der Waals surface area contributed by atoms with Crippen LogP contribution in [0.3, 0.4) is 0 Å². The number of nitrogens with one attached hydrogen (secondary N) is 2. The van der Waals surface area contributed by atoms with Gasteiger partial charge >= 0.3 is 0 Å². The molecule has 2 aliphatic heterocycles. The van der Waals surface area contributed by atoms with Gasteiger partial charge in [0.05, 0.1) is 35.9 Å². The van der Waals surface area contributed by atoms with Crippen LogP contribution in [0.4, 0.5) is 5.95 Å². The van der Waals surface area contributed by atoms with Gasteiger partial charge in [0.15, 0.2) is 0 Å². The molecule has 2 aromatic carbocycles. The summed E-state index contributed by atoms with van der Waals surface area (Å²) < 4.78 is 12.0. The smallest absolute Gasteiger partial charge is 0.261 e. The highest BCUT2D eigenvalue weighted by Gasteiger charge is 2.48. The molecule has 8 heteroatoms. The number of nitrogens with zero attached hydrogens (tertiary/aromatic N) is 2. The molecule has 4 heterocycles. The van der Waals surface area contributed by atoms with Crippen molar-refractivity contribution in [2.75, 3.05) is 18.5 Å². The van der Waals surface area contributed by atoms with E-state index in [-0.39, 0.29) is 30.2 Å². The van der Waals surface area contributed by atoms with Crippen LogP contribution in [0.25, 0.3) is 22.4 Å². The van der Waals surface area contributed by atoms with E-state index >= 15 is 0 Å². The van der Waals surface area contributed by atoms with E-state index in [2.05, 4.69) is 52.0 Å². The van der Waals surface area contributed by atoms with Crippen LogP contribution in [0.5, 0.6) is 0 Å². The number of aromatic nitrogens is 2. The van der Waals surface area contributed by atoms with Crippen LogP contribution in [-0.4, -0.2) is 53.4 Å². The second kappa shape index (κ2) is 9.58. The Hall–Kier alpha value is -3.59. The SMILES string of the molecule is O=C(N[C@H]1CO[C@H]2[C@H]1OC[C@H]2Nc1nccc(-c2ccc(-c3ccccc3)cc2)n1)c1cccs1. The van der Waals surface area contributed by atoms with Gasteiger partial charge in [0, 0.05) is 11.8 Å². The lowest BCUT2D eigenvalue weighted by Crippen LogP contribution is -2.44. The van der Waals surface area contributed by atoms with Crippen molar-refractivity contribution < 1.29 is 14.3 Å². The van der Waals surface area contributed by atoms with Crippen molar-refractivity contribution in [3.8, 4) is 22.4 Å². The molecule has 2 fully saturated rings. The molecule has 2 saturated heterocycles. The lowest BCUT2D eigenvalue weighted by atomic mass is 10.0. The maximum Gasteiger partial charge on any atom is 0.261 e. The standard InChI is InChI=1S/C27H24N4O3S/c32-26(23-7-4-14-35-23)29-21-15-33-25-22(16-34-24(21)25)31-27-28-13-12-20(30-27)19-10-8-18(9-11-19)17-5-2-1-3-6-17/h1-14,21-22,24-25H,15-16H2,(H,29,32)(H,28,30,31)/t21-,22+,24-,25+/m0/s1. The Bertz CT molecular complexity index is 1300. The summed E-state index contributed by atoms with van der Waals surface area (Å²) >= 11 is 1.42. The van der Waals surface area contributed by atoms with Crippen LogP contribution >= 0.6 is 11.3 Å².